The Morgan fingerprint density at radius 1 is 1.17 bits per heavy atom. The van der Waals surface area contributed by atoms with Crippen LogP contribution in [-0.4, -0.2) is 11.9 Å². The maximum Gasteiger partial charge on any atom is 0.343 e. The molecule has 5 heteroatoms. The van der Waals surface area contributed by atoms with Crippen LogP contribution in [0, 0.1) is 18.3 Å². The van der Waals surface area contributed by atoms with Crippen molar-refractivity contribution in [2.45, 2.75) is 6.92 Å². The number of nitriles is 1. The van der Waals surface area contributed by atoms with Crippen molar-refractivity contribution in [2.24, 2.45) is 5.73 Å². The van der Waals surface area contributed by atoms with Crippen molar-refractivity contribution >= 4 is 18.0 Å². The highest BCUT2D eigenvalue weighted by Gasteiger charge is 2.09. The molecule has 0 aromatic heterocycles. The van der Waals surface area contributed by atoms with Crippen LogP contribution in [-0.2, 0) is 4.79 Å². The molecule has 5 nitrogen and oxygen atoms in total. The van der Waals surface area contributed by atoms with Crippen molar-refractivity contribution < 1.29 is 14.3 Å². The SMILES string of the molecule is Cc1cccc(C(=O)Oc2ccc(/C=C(\C#N)C(N)=O)cc2)c1. The van der Waals surface area contributed by atoms with Crippen LogP contribution < -0.4 is 10.5 Å². The second kappa shape index (κ2) is 7.05. The van der Waals surface area contributed by atoms with Crippen LogP contribution in [0.2, 0.25) is 0 Å². The van der Waals surface area contributed by atoms with Gasteiger partial charge in [-0.15, -0.1) is 0 Å². The first-order valence-electron chi connectivity index (χ1n) is 6.80. The van der Waals surface area contributed by atoms with Gasteiger partial charge in [-0.2, -0.15) is 5.26 Å². The first kappa shape index (κ1) is 16.0. The number of carbonyl (C=O) groups excluding carboxylic acids is 2. The topological polar surface area (TPSA) is 93.2 Å². The molecule has 0 saturated heterocycles. The summed E-state index contributed by atoms with van der Waals surface area (Å²) in [6.45, 7) is 1.89. The van der Waals surface area contributed by atoms with Crippen LogP contribution in [0.3, 0.4) is 0 Å². The van der Waals surface area contributed by atoms with Crippen molar-refractivity contribution in [3.63, 3.8) is 0 Å². The molecule has 1 amide bonds. The lowest BCUT2D eigenvalue weighted by Crippen LogP contribution is -2.12. The fraction of sp³-hybridized carbons (Fsp3) is 0.0556. The van der Waals surface area contributed by atoms with Gasteiger partial charge >= 0.3 is 5.97 Å². The molecule has 0 atom stereocenters. The van der Waals surface area contributed by atoms with E-state index < -0.39 is 11.9 Å². The number of hydrogen-bond donors (Lipinski definition) is 1. The highest BCUT2D eigenvalue weighted by atomic mass is 16.5. The second-order valence-corrected chi connectivity index (χ2v) is 4.86. The molecule has 0 saturated carbocycles. The molecule has 0 bridgehead atoms. The Morgan fingerprint density at radius 2 is 1.87 bits per heavy atom. The number of carbonyl (C=O) groups is 2. The van der Waals surface area contributed by atoms with Crippen molar-refractivity contribution in [2.75, 3.05) is 0 Å². The summed E-state index contributed by atoms with van der Waals surface area (Å²) in [4.78, 5) is 23.0. The van der Waals surface area contributed by atoms with E-state index in [1.807, 2.05) is 13.0 Å². The average molecular weight is 306 g/mol. The molecule has 0 aliphatic heterocycles. The molecule has 0 aliphatic rings. The fourth-order valence-electron chi connectivity index (χ4n) is 1.90. The summed E-state index contributed by atoms with van der Waals surface area (Å²) in [7, 11) is 0. The molecule has 2 aromatic carbocycles. The predicted molar refractivity (Wildman–Crippen MR) is 85.4 cm³/mol. The molecular formula is C18H14N2O3. The van der Waals surface area contributed by atoms with E-state index >= 15 is 0 Å². The van der Waals surface area contributed by atoms with E-state index in [0.29, 0.717) is 16.9 Å². The monoisotopic (exact) mass is 306 g/mol. The predicted octanol–water partition coefficient (Wildman–Crippen LogP) is 2.61. The number of ether oxygens (including phenoxy) is 1. The van der Waals surface area contributed by atoms with Crippen LogP contribution >= 0.6 is 0 Å². The molecular weight excluding hydrogens is 292 g/mol. The molecule has 0 heterocycles. The van der Waals surface area contributed by atoms with Crippen molar-refractivity contribution in [3.8, 4) is 11.8 Å². The smallest absolute Gasteiger partial charge is 0.343 e. The summed E-state index contributed by atoms with van der Waals surface area (Å²) < 4.78 is 5.27. The van der Waals surface area contributed by atoms with Gasteiger partial charge in [-0.05, 0) is 42.8 Å². The standard InChI is InChI=1S/C18H14N2O3/c1-12-3-2-4-14(9-12)18(22)23-16-7-5-13(6-8-16)10-15(11-19)17(20)21/h2-10H,1H3,(H2,20,21)/b15-10+. The Morgan fingerprint density at radius 3 is 2.43 bits per heavy atom. The van der Waals surface area contributed by atoms with E-state index in [9.17, 15) is 9.59 Å². The molecule has 0 unspecified atom stereocenters. The molecule has 0 radical (unpaired) electrons. The first-order valence-corrected chi connectivity index (χ1v) is 6.80. The number of nitrogens with zero attached hydrogens (tertiary/aromatic N) is 1. The molecule has 2 aromatic rings. The zero-order valence-corrected chi connectivity index (χ0v) is 12.4. The summed E-state index contributed by atoms with van der Waals surface area (Å²) in [5.74, 6) is -0.875. The lowest BCUT2D eigenvalue weighted by Gasteiger charge is -2.05. The lowest BCUT2D eigenvalue weighted by molar-refractivity contribution is -0.114. The van der Waals surface area contributed by atoms with Crippen LogP contribution in [0.25, 0.3) is 6.08 Å². The Hall–Kier alpha value is -3.39. The number of esters is 1. The first-order chi connectivity index (χ1) is 11.0. The van der Waals surface area contributed by atoms with Gasteiger partial charge in [0.1, 0.15) is 17.4 Å². The van der Waals surface area contributed by atoms with Crippen LogP contribution in [0.1, 0.15) is 21.5 Å². The quantitative estimate of drug-likeness (QED) is 0.406. The Balaban J connectivity index is 2.13. The number of amides is 1. The summed E-state index contributed by atoms with van der Waals surface area (Å²) in [6.07, 6.45) is 1.37. The number of aryl methyl sites for hydroxylation is 1. The van der Waals surface area contributed by atoms with Gasteiger partial charge in [0.25, 0.3) is 5.91 Å². The number of nitrogens with two attached hydrogens (primary N) is 1. The normalized spacial score (nSPS) is 10.7. The Bertz CT molecular complexity index is 815. The van der Waals surface area contributed by atoms with Crippen molar-refractivity contribution in [1.82, 2.24) is 0 Å². The van der Waals surface area contributed by atoms with E-state index in [0.717, 1.165) is 5.56 Å². The van der Waals surface area contributed by atoms with Gasteiger partial charge in [-0.1, -0.05) is 29.8 Å². The van der Waals surface area contributed by atoms with E-state index in [1.54, 1.807) is 48.5 Å². The maximum absolute atomic E-state index is 12.0. The maximum atomic E-state index is 12.0. The minimum Gasteiger partial charge on any atom is -0.423 e. The molecule has 0 fully saturated rings. The minimum atomic E-state index is -0.789. The van der Waals surface area contributed by atoms with E-state index in [4.69, 9.17) is 15.7 Å². The summed E-state index contributed by atoms with van der Waals surface area (Å²) >= 11 is 0. The van der Waals surface area contributed by atoms with Gasteiger partial charge < -0.3 is 10.5 Å². The highest BCUT2D eigenvalue weighted by Crippen LogP contribution is 2.16. The summed E-state index contributed by atoms with van der Waals surface area (Å²) in [5.41, 5.74) is 6.97. The third-order valence-electron chi connectivity index (χ3n) is 3.04. The third-order valence-corrected chi connectivity index (χ3v) is 3.04. The number of hydrogen-bond acceptors (Lipinski definition) is 4. The molecule has 0 aliphatic carbocycles. The molecule has 2 rings (SSSR count). The number of rotatable bonds is 4. The van der Waals surface area contributed by atoms with Crippen LogP contribution in [0.15, 0.2) is 54.1 Å². The van der Waals surface area contributed by atoms with Gasteiger partial charge in [-0.25, -0.2) is 4.79 Å². The van der Waals surface area contributed by atoms with Gasteiger partial charge in [0, 0.05) is 0 Å². The van der Waals surface area contributed by atoms with Gasteiger partial charge in [0.15, 0.2) is 0 Å². The third kappa shape index (κ3) is 4.29. The van der Waals surface area contributed by atoms with Crippen LogP contribution in [0.5, 0.6) is 5.75 Å². The zero-order chi connectivity index (χ0) is 16.8. The number of primary amides is 1. The van der Waals surface area contributed by atoms with E-state index in [2.05, 4.69) is 0 Å². The number of benzene rings is 2. The van der Waals surface area contributed by atoms with Crippen molar-refractivity contribution in [3.05, 3.63) is 70.8 Å². The second-order valence-electron chi connectivity index (χ2n) is 4.86. The Kier molecular flexibility index (Phi) is 4.90. The molecule has 114 valence electrons. The van der Waals surface area contributed by atoms with E-state index in [-0.39, 0.29) is 5.57 Å². The fourth-order valence-corrected chi connectivity index (χ4v) is 1.90. The average Bonchev–Trinajstić information content (AvgIpc) is 2.53. The molecule has 2 N–H and O–H groups in total. The van der Waals surface area contributed by atoms with E-state index in [1.165, 1.54) is 6.08 Å². The summed E-state index contributed by atoms with van der Waals surface area (Å²) in [5, 5.41) is 8.79. The lowest BCUT2D eigenvalue weighted by atomic mass is 10.1. The summed E-state index contributed by atoms with van der Waals surface area (Å²) in [6, 6.07) is 15.2. The highest BCUT2D eigenvalue weighted by molar-refractivity contribution is 6.00. The molecule has 0 spiro atoms. The zero-order valence-electron chi connectivity index (χ0n) is 12.4. The van der Waals surface area contributed by atoms with Gasteiger partial charge in [-0.3, -0.25) is 4.79 Å². The van der Waals surface area contributed by atoms with Crippen LogP contribution in [0.4, 0.5) is 0 Å². The van der Waals surface area contributed by atoms with Gasteiger partial charge in [0.05, 0.1) is 5.56 Å². The largest absolute Gasteiger partial charge is 0.423 e. The van der Waals surface area contributed by atoms with Gasteiger partial charge in [0.2, 0.25) is 0 Å². The minimum absolute atomic E-state index is 0.144. The van der Waals surface area contributed by atoms with Crippen molar-refractivity contribution in [1.29, 1.82) is 5.26 Å². The molecule has 23 heavy (non-hydrogen) atoms. The Labute approximate surface area is 133 Å².